The minimum atomic E-state index is -0.258. The second-order valence-corrected chi connectivity index (χ2v) is 7.80. The number of benzene rings is 1. The number of halogens is 1. The van der Waals surface area contributed by atoms with Gasteiger partial charge in [-0.1, -0.05) is 12.1 Å². The molecule has 2 saturated heterocycles. The van der Waals surface area contributed by atoms with E-state index in [1.54, 1.807) is 35.8 Å². The molecule has 6 nitrogen and oxygen atoms in total. The van der Waals surface area contributed by atoms with Crippen LogP contribution >= 0.6 is 0 Å². The van der Waals surface area contributed by atoms with Gasteiger partial charge >= 0.3 is 0 Å². The lowest BCUT2D eigenvalue weighted by Crippen LogP contribution is -2.54. The smallest absolute Gasteiger partial charge is 0.227 e. The van der Waals surface area contributed by atoms with Crippen LogP contribution in [0.5, 0.6) is 0 Å². The summed E-state index contributed by atoms with van der Waals surface area (Å²) >= 11 is 0. The fourth-order valence-electron chi connectivity index (χ4n) is 4.24. The molecule has 0 saturated carbocycles. The van der Waals surface area contributed by atoms with Gasteiger partial charge in [-0.2, -0.15) is 0 Å². The number of piperidine rings is 1. The van der Waals surface area contributed by atoms with Crippen LogP contribution in [0.25, 0.3) is 0 Å². The Morgan fingerprint density at radius 3 is 2.18 bits per heavy atom. The first-order chi connectivity index (χ1) is 13.3. The van der Waals surface area contributed by atoms with Crippen LogP contribution in [0.3, 0.4) is 0 Å². The standard InChI is InChI=1S/C21H28FN3O3/c1-14-12-17(4-6-19(14)22)20-7-5-18(13-25(20)16(3)27)21(28)24-10-8-23(9-11-24)15(2)26/h4,6,12,18,20H,5,7-11,13H2,1-3H3. The van der Waals surface area contributed by atoms with Crippen molar-refractivity contribution in [2.75, 3.05) is 32.7 Å². The van der Waals surface area contributed by atoms with Gasteiger partial charge in [-0.3, -0.25) is 14.4 Å². The van der Waals surface area contributed by atoms with Crippen LogP contribution in [-0.4, -0.2) is 65.1 Å². The lowest BCUT2D eigenvalue weighted by Gasteiger charge is -2.42. The molecule has 0 spiro atoms. The van der Waals surface area contributed by atoms with Crippen LogP contribution in [0.2, 0.25) is 0 Å². The average molecular weight is 389 g/mol. The maximum Gasteiger partial charge on any atom is 0.227 e. The van der Waals surface area contributed by atoms with E-state index in [-0.39, 0.29) is 35.5 Å². The van der Waals surface area contributed by atoms with Crippen molar-refractivity contribution < 1.29 is 18.8 Å². The summed E-state index contributed by atoms with van der Waals surface area (Å²) in [5, 5.41) is 0. The SMILES string of the molecule is CC(=O)N1CCN(C(=O)C2CCC(c3ccc(F)c(C)c3)N(C(C)=O)C2)CC1. The zero-order valence-electron chi connectivity index (χ0n) is 16.8. The number of amides is 3. The second-order valence-electron chi connectivity index (χ2n) is 7.80. The number of carbonyl (C=O) groups is 3. The largest absolute Gasteiger partial charge is 0.339 e. The van der Waals surface area contributed by atoms with Gasteiger partial charge in [0.25, 0.3) is 0 Å². The van der Waals surface area contributed by atoms with E-state index in [9.17, 15) is 18.8 Å². The number of aryl methyl sites for hydroxylation is 1. The Hall–Kier alpha value is -2.44. The van der Waals surface area contributed by atoms with Gasteiger partial charge in [-0.05, 0) is 37.0 Å². The summed E-state index contributed by atoms with van der Waals surface area (Å²) in [6, 6.07) is 4.83. The highest BCUT2D eigenvalue weighted by atomic mass is 19.1. The van der Waals surface area contributed by atoms with Gasteiger partial charge < -0.3 is 14.7 Å². The Bertz CT molecular complexity index is 774. The van der Waals surface area contributed by atoms with Gasteiger partial charge in [0.2, 0.25) is 17.7 Å². The molecule has 28 heavy (non-hydrogen) atoms. The van der Waals surface area contributed by atoms with Gasteiger partial charge in [-0.25, -0.2) is 4.39 Å². The lowest BCUT2D eigenvalue weighted by molar-refractivity contribution is -0.146. The summed E-state index contributed by atoms with van der Waals surface area (Å²) in [5.74, 6) is -0.476. The number of piperazine rings is 1. The Balaban J connectivity index is 1.68. The molecule has 0 bridgehead atoms. The van der Waals surface area contributed by atoms with Crippen molar-refractivity contribution in [1.29, 1.82) is 0 Å². The van der Waals surface area contributed by atoms with Crippen molar-refractivity contribution in [2.24, 2.45) is 5.92 Å². The molecule has 3 rings (SSSR count). The van der Waals surface area contributed by atoms with E-state index in [0.717, 1.165) is 5.56 Å². The van der Waals surface area contributed by atoms with E-state index in [0.29, 0.717) is 51.1 Å². The van der Waals surface area contributed by atoms with Crippen molar-refractivity contribution in [3.63, 3.8) is 0 Å². The van der Waals surface area contributed by atoms with E-state index >= 15 is 0 Å². The molecule has 0 radical (unpaired) electrons. The van der Waals surface area contributed by atoms with E-state index < -0.39 is 0 Å². The average Bonchev–Trinajstić information content (AvgIpc) is 2.69. The normalized spacial score (nSPS) is 22.9. The molecule has 2 unspecified atom stereocenters. The highest BCUT2D eigenvalue weighted by Gasteiger charge is 2.37. The number of rotatable bonds is 2. The minimum Gasteiger partial charge on any atom is -0.339 e. The predicted molar refractivity (Wildman–Crippen MR) is 103 cm³/mol. The Morgan fingerprint density at radius 1 is 0.964 bits per heavy atom. The Morgan fingerprint density at radius 2 is 1.61 bits per heavy atom. The number of hydrogen-bond acceptors (Lipinski definition) is 3. The third kappa shape index (κ3) is 4.18. The molecule has 0 aromatic heterocycles. The van der Waals surface area contributed by atoms with Gasteiger partial charge in [-0.15, -0.1) is 0 Å². The van der Waals surface area contributed by atoms with E-state index in [2.05, 4.69) is 0 Å². The van der Waals surface area contributed by atoms with Crippen molar-refractivity contribution >= 4 is 17.7 Å². The molecule has 2 aliphatic rings. The molecular formula is C21H28FN3O3. The Kier molecular flexibility index (Phi) is 6.01. The zero-order chi connectivity index (χ0) is 20.4. The van der Waals surface area contributed by atoms with E-state index in [1.165, 1.54) is 13.0 Å². The van der Waals surface area contributed by atoms with Crippen LogP contribution in [-0.2, 0) is 14.4 Å². The van der Waals surface area contributed by atoms with Crippen LogP contribution in [0.4, 0.5) is 4.39 Å². The number of likely N-dealkylation sites (tertiary alicyclic amines) is 1. The molecule has 0 N–H and O–H groups in total. The summed E-state index contributed by atoms with van der Waals surface area (Å²) in [6.45, 7) is 7.34. The summed E-state index contributed by atoms with van der Waals surface area (Å²) in [7, 11) is 0. The third-order valence-corrected chi connectivity index (χ3v) is 5.94. The van der Waals surface area contributed by atoms with Crippen molar-refractivity contribution in [3.8, 4) is 0 Å². The van der Waals surface area contributed by atoms with Crippen LogP contribution in [0, 0.1) is 18.7 Å². The van der Waals surface area contributed by atoms with Gasteiger partial charge in [0, 0.05) is 46.6 Å². The van der Waals surface area contributed by atoms with Crippen LogP contribution in [0.1, 0.15) is 43.9 Å². The third-order valence-electron chi connectivity index (χ3n) is 5.94. The first-order valence-corrected chi connectivity index (χ1v) is 9.85. The van der Waals surface area contributed by atoms with Crippen molar-refractivity contribution in [2.45, 2.75) is 39.7 Å². The van der Waals surface area contributed by atoms with Crippen molar-refractivity contribution in [3.05, 3.63) is 35.1 Å². The van der Waals surface area contributed by atoms with E-state index in [1.807, 2.05) is 4.90 Å². The van der Waals surface area contributed by atoms with Crippen LogP contribution in [0.15, 0.2) is 18.2 Å². The first kappa shape index (κ1) is 20.3. The number of carbonyl (C=O) groups excluding carboxylic acids is 3. The van der Waals surface area contributed by atoms with Gasteiger partial charge in [0.1, 0.15) is 5.82 Å². The zero-order valence-corrected chi connectivity index (χ0v) is 16.8. The summed E-state index contributed by atoms with van der Waals surface area (Å²) in [4.78, 5) is 42.0. The van der Waals surface area contributed by atoms with Gasteiger partial charge in [0.05, 0.1) is 12.0 Å². The fourth-order valence-corrected chi connectivity index (χ4v) is 4.24. The molecule has 2 heterocycles. The molecule has 1 aromatic carbocycles. The molecule has 152 valence electrons. The quantitative estimate of drug-likeness (QED) is 0.779. The summed E-state index contributed by atoms with van der Waals surface area (Å²) in [6.07, 6.45) is 1.37. The maximum atomic E-state index is 13.6. The highest BCUT2D eigenvalue weighted by molar-refractivity contribution is 5.81. The topological polar surface area (TPSA) is 60.9 Å². The molecular weight excluding hydrogens is 361 g/mol. The monoisotopic (exact) mass is 389 g/mol. The van der Waals surface area contributed by atoms with Gasteiger partial charge in [0.15, 0.2) is 0 Å². The molecule has 2 fully saturated rings. The molecule has 2 atom stereocenters. The number of hydrogen-bond donors (Lipinski definition) is 0. The molecule has 0 aliphatic carbocycles. The van der Waals surface area contributed by atoms with E-state index in [4.69, 9.17) is 0 Å². The lowest BCUT2D eigenvalue weighted by atomic mass is 9.87. The minimum absolute atomic E-state index is 0.0324. The van der Waals surface area contributed by atoms with Crippen molar-refractivity contribution in [1.82, 2.24) is 14.7 Å². The predicted octanol–water partition coefficient (Wildman–Crippen LogP) is 2.12. The Labute approximate surface area is 165 Å². The first-order valence-electron chi connectivity index (χ1n) is 9.85. The molecule has 3 amide bonds. The van der Waals surface area contributed by atoms with Crippen LogP contribution < -0.4 is 0 Å². The molecule has 2 aliphatic heterocycles. The summed E-state index contributed by atoms with van der Waals surface area (Å²) < 4.78 is 13.6. The maximum absolute atomic E-state index is 13.6. The molecule has 1 aromatic rings. The fraction of sp³-hybridized carbons (Fsp3) is 0.571. The molecule has 7 heteroatoms. The highest BCUT2D eigenvalue weighted by Crippen LogP contribution is 2.35. The summed E-state index contributed by atoms with van der Waals surface area (Å²) in [5.41, 5.74) is 1.47. The number of nitrogens with zero attached hydrogens (tertiary/aromatic N) is 3. The second kappa shape index (κ2) is 8.29.